The lowest BCUT2D eigenvalue weighted by Gasteiger charge is -2.11. The third-order valence-corrected chi connectivity index (χ3v) is 2.79. The van der Waals surface area contributed by atoms with Gasteiger partial charge in [-0.05, 0) is 12.1 Å². The number of carbonyl (C=O) groups excluding carboxylic acids is 2. The van der Waals surface area contributed by atoms with Crippen LogP contribution < -0.4 is 16.5 Å². The molecule has 8 heteroatoms. The fourth-order valence-electron chi connectivity index (χ4n) is 1.96. The molecule has 0 radical (unpaired) electrons. The minimum atomic E-state index is -1.39. The van der Waals surface area contributed by atoms with E-state index >= 15 is 0 Å². The molecule has 1 aromatic heterocycles. The maximum absolute atomic E-state index is 12.0. The van der Waals surface area contributed by atoms with Gasteiger partial charge in [-0.1, -0.05) is 12.1 Å². The van der Waals surface area contributed by atoms with E-state index in [1.165, 1.54) is 10.6 Å². The number of imide groups is 1. The molecule has 2 aromatic rings. The number of urea groups is 1. The minimum Gasteiger partial charge on any atom is -0.477 e. The summed E-state index contributed by atoms with van der Waals surface area (Å²) in [7, 11) is 0. The maximum atomic E-state index is 12.0. The van der Waals surface area contributed by atoms with Gasteiger partial charge >= 0.3 is 12.0 Å². The molecule has 8 nitrogen and oxygen atoms in total. The molecule has 0 saturated heterocycles. The van der Waals surface area contributed by atoms with Crippen molar-refractivity contribution >= 4 is 28.8 Å². The second kappa shape index (κ2) is 5.45. The molecule has 0 fully saturated rings. The van der Waals surface area contributed by atoms with Crippen LogP contribution in [0.5, 0.6) is 0 Å². The highest BCUT2D eigenvalue weighted by molar-refractivity contribution is 5.95. The van der Waals surface area contributed by atoms with Gasteiger partial charge in [-0.25, -0.2) is 9.59 Å². The molecule has 0 bridgehead atoms. The van der Waals surface area contributed by atoms with E-state index in [4.69, 9.17) is 10.8 Å². The van der Waals surface area contributed by atoms with Crippen molar-refractivity contribution in [3.8, 4) is 0 Å². The number of carboxylic acid groups (broad SMARTS) is 1. The molecule has 1 aromatic carbocycles. The van der Waals surface area contributed by atoms with Gasteiger partial charge in [0, 0.05) is 11.6 Å². The summed E-state index contributed by atoms with van der Waals surface area (Å²) in [5.74, 6) is -2.11. The highest BCUT2D eigenvalue weighted by atomic mass is 16.4. The number of benzene rings is 1. The fraction of sp³-hybridized carbons (Fsp3) is 0.0769. The molecule has 0 spiro atoms. The predicted molar refractivity (Wildman–Crippen MR) is 72.9 cm³/mol. The molecule has 21 heavy (non-hydrogen) atoms. The summed E-state index contributed by atoms with van der Waals surface area (Å²) in [5.41, 5.74) is 4.13. The third kappa shape index (κ3) is 2.89. The van der Waals surface area contributed by atoms with E-state index < -0.39 is 28.9 Å². The number of nitrogens with two attached hydrogens (primary N) is 1. The van der Waals surface area contributed by atoms with Crippen LogP contribution in [-0.2, 0) is 11.3 Å². The van der Waals surface area contributed by atoms with Gasteiger partial charge in [-0.2, -0.15) is 0 Å². The molecule has 0 aliphatic carbocycles. The Bertz CT molecular complexity index is 809. The molecule has 1 heterocycles. The van der Waals surface area contributed by atoms with Crippen molar-refractivity contribution in [3.63, 3.8) is 0 Å². The number of para-hydroxylation sites is 1. The van der Waals surface area contributed by atoms with E-state index in [1.54, 1.807) is 18.2 Å². The molecule has 108 valence electrons. The van der Waals surface area contributed by atoms with Crippen molar-refractivity contribution in [2.75, 3.05) is 0 Å². The number of primary amides is 1. The molecular formula is C13H11N3O5. The zero-order chi connectivity index (χ0) is 15.6. The molecule has 0 atom stereocenters. The molecule has 4 N–H and O–H groups in total. The van der Waals surface area contributed by atoms with Crippen LogP contribution in [0, 0.1) is 0 Å². The Kier molecular flexibility index (Phi) is 3.70. The Balaban J connectivity index is 2.59. The highest BCUT2D eigenvalue weighted by Crippen LogP contribution is 2.11. The standard InChI is InChI=1S/C13H11N3O5/c14-13(21)15-10(17)6-16-5-8(12(19)20)11(18)7-3-1-2-4-9(7)16/h1-5H,6H2,(H,19,20)(H3,14,15,17,21). The SMILES string of the molecule is NC(=O)NC(=O)Cn1cc(C(=O)O)c(=O)c2ccccc21. The summed E-state index contributed by atoms with van der Waals surface area (Å²) < 4.78 is 1.28. The van der Waals surface area contributed by atoms with Gasteiger partial charge in [0.05, 0.1) is 5.52 Å². The normalized spacial score (nSPS) is 10.3. The number of carboxylic acids is 1. The Labute approximate surface area is 117 Å². The van der Waals surface area contributed by atoms with Gasteiger partial charge in [0.25, 0.3) is 0 Å². The van der Waals surface area contributed by atoms with Crippen LogP contribution in [0.4, 0.5) is 4.79 Å². The van der Waals surface area contributed by atoms with Crippen molar-refractivity contribution in [1.29, 1.82) is 0 Å². The van der Waals surface area contributed by atoms with Crippen LogP contribution in [0.1, 0.15) is 10.4 Å². The predicted octanol–water partition coefficient (Wildman–Crippen LogP) is -0.105. The van der Waals surface area contributed by atoms with Crippen molar-refractivity contribution in [2.45, 2.75) is 6.54 Å². The Morgan fingerprint density at radius 2 is 1.90 bits per heavy atom. The molecule has 0 unspecified atom stereocenters. The lowest BCUT2D eigenvalue weighted by Crippen LogP contribution is -2.37. The van der Waals surface area contributed by atoms with E-state index in [2.05, 4.69) is 0 Å². The van der Waals surface area contributed by atoms with E-state index in [9.17, 15) is 19.2 Å². The summed E-state index contributed by atoms with van der Waals surface area (Å²) >= 11 is 0. The Morgan fingerprint density at radius 3 is 2.52 bits per heavy atom. The van der Waals surface area contributed by atoms with Crippen LogP contribution in [-0.4, -0.2) is 27.6 Å². The van der Waals surface area contributed by atoms with Crippen LogP contribution in [0.15, 0.2) is 35.3 Å². The number of aromatic carboxylic acids is 1. The zero-order valence-electron chi connectivity index (χ0n) is 10.7. The lowest BCUT2D eigenvalue weighted by atomic mass is 10.1. The summed E-state index contributed by atoms with van der Waals surface area (Å²) in [6.45, 7) is -0.343. The van der Waals surface area contributed by atoms with Crippen molar-refractivity contribution in [2.24, 2.45) is 5.73 Å². The van der Waals surface area contributed by atoms with Crippen molar-refractivity contribution in [3.05, 3.63) is 46.2 Å². The number of nitrogens with one attached hydrogen (secondary N) is 1. The number of amides is 3. The van der Waals surface area contributed by atoms with E-state index in [0.29, 0.717) is 5.52 Å². The molecule has 0 aliphatic rings. The maximum Gasteiger partial charge on any atom is 0.341 e. The van der Waals surface area contributed by atoms with Crippen molar-refractivity contribution < 1.29 is 19.5 Å². The molecular weight excluding hydrogens is 278 g/mol. The van der Waals surface area contributed by atoms with Crippen molar-refractivity contribution in [1.82, 2.24) is 9.88 Å². The zero-order valence-corrected chi connectivity index (χ0v) is 10.7. The molecule has 0 aliphatic heterocycles. The van der Waals surface area contributed by atoms with Gasteiger partial charge in [-0.15, -0.1) is 0 Å². The van der Waals surface area contributed by atoms with Crippen LogP contribution in [0.3, 0.4) is 0 Å². The van der Waals surface area contributed by atoms with Gasteiger partial charge in [0.1, 0.15) is 12.1 Å². The van der Waals surface area contributed by atoms with Crippen LogP contribution in [0.2, 0.25) is 0 Å². The summed E-state index contributed by atoms with van der Waals surface area (Å²) in [6.07, 6.45) is 1.06. The van der Waals surface area contributed by atoms with Gasteiger partial charge in [0.15, 0.2) is 0 Å². The largest absolute Gasteiger partial charge is 0.477 e. The number of pyridine rings is 1. The summed E-state index contributed by atoms with van der Waals surface area (Å²) in [4.78, 5) is 45.3. The first-order valence-corrected chi connectivity index (χ1v) is 5.85. The van der Waals surface area contributed by atoms with Crippen LogP contribution in [0.25, 0.3) is 10.9 Å². The molecule has 0 saturated carbocycles. The van der Waals surface area contributed by atoms with Gasteiger partial charge in [-0.3, -0.25) is 14.9 Å². The summed E-state index contributed by atoms with van der Waals surface area (Å²) in [5, 5.41) is 11.1. The lowest BCUT2D eigenvalue weighted by molar-refractivity contribution is -0.120. The van der Waals surface area contributed by atoms with E-state index in [-0.39, 0.29) is 11.9 Å². The first-order valence-electron chi connectivity index (χ1n) is 5.85. The average Bonchev–Trinajstić information content (AvgIpc) is 2.40. The highest BCUT2D eigenvalue weighted by Gasteiger charge is 2.15. The van der Waals surface area contributed by atoms with Gasteiger partial charge < -0.3 is 15.4 Å². The second-order valence-electron chi connectivity index (χ2n) is 4.23. The first kappa shape index (κ1) is 14.3. The van der Waals surface area contributed by atoms with E-state index in [0.717, 1.165) is 6.20 Å². The minimum absolute atomic E-state index is 0.171. The number of nitrogens with zero attached hydrogens (tertiary/aromatic N) is 1. The number of carbonyl (C=O) groups is 3. The van der Waals surface area contributed by atoms with Gasteiger partial charge in [0.2, 0.25) is 11.3 Å². The Hall–Kier alpha value is -3.16. The topological polar surface area (TPSA) is 131 Å². The molecule has 2 rings (SSSR count). The Morgan fingerprint density at radius 1 is 1.24 bits per heavy atom. The summed E-state index contributed by atoms with van der Waals surface area (Å²) in [6, 6.07) is 5.25. The third-order valence-electron chi connectivity index (χ3n) is 2.79. The second-order valence-corrected chi connectivity index (χ2v) is 4.23. The number of hydrogen-bond acceptors (Lipinski definition) is 4. The fourth-order valence-corrected chi connectivity index (χ4v) is 1.96. The van der Waals surface area contributed by atoms with Crippen LogP contribution >= 0.6 is 0 Å². The monoisotopic (exact) mass is 289 g/mol. The smallest absolute Gasteiger partial charge is 0.341 e. The quantitative estimate of drug-likeness (QED) is 0.725. The average molecular weight is 289 g/mol. The molecule has 3 amide bonds. The number of aromatic nitrogens is 1. The number of fused-ring (bicyclic) bond motifs is 1. The first-order chi connectivity index (χ1) is 9.90. The number of rotatable bonds is 3. The van der Waals surface area contributed by atoms with E-state index in [1.807, 2.05) is 5.32 Å². The number of hydrogen-bond donors (Lipinski definition) is 3.